The topological polar surface area (TPSA) is 84.9 Å². The Balaban J connectivity index is 2.17. The summed E-state index contributed by atoms with van der Waals surface area (Å²) in [5.41, 5.74) is 2.06. The van der Waals surface area contributed by atoms with E-state index in [2.05, 4.69) is 5.32 Å². The Bertz CT molecular complexity index is 913. The van der Waals surface area contributed by atoms with Crippen molar-refractivity contribution in [3.8, 4) is 0 Å². The molecule has 2 heterocycles. The molecule has 8 heteroatoms. The summed E-state index contributed by atoms with van der Waals surface area (Å²) in [5, 5.41) is 4.11. The maximum Gasteiger partial charge on any atom is 0.311 e. The van der Waals surface area contributed by atoms with Gasteiger partial charge in [0.1, 0.15) is 5.54 Å². The van der Waals surface area contributed by atoms with E-state index in [4.69, 9.17) is 9.02 Å². The average Bonchev–Trinajstić information content (AvgIpc) is 2.88. The van der Waals surface area contributed by atoms with Gasteiger partial charge in [-0.25, -0.2) is 0 Å². The normalized spacial score (nSPS) is 20.1. The highest BCUT2D eigenvalue weighted by Crippen LogP contribution is 2.42. The second-order valence-corrected chi connectivity index (χ2v) is 9.89. The van der Waals surface area contributed by atoms with Crippen LogP contribution in [0.25, 0.3) is 5.57 Å². The maximum atomic E-state index is 13.0. The molecule has 28 heavy (non-hydrogen) atoms. The van der Waals surface area contributed by atoms with E-state index in [0.29, 0.717) is 37.1 Å². The van der Waals surface area contributed by atoms with E-state index in [1.165, 1.54) is 0 Å². The minimum Gasteiger partial charge on any atom is -0.383 e. The fourth-order valence-corrected chi connectivity index (χ4v) is 4.33. The minimum atomic E-state index is -3.86. The SMILES string of the molecule is CON1CCC2(CC1)NC(=O)C(c1cc(C)ccc1C)=C2OS(=O)(=O)C(C)C. The molecule has 0 radical (unpaired) electrons. The number of amides is 1. The van der Waals surface area contributed by atoms with Gasteiger partial charge in [0, 0.05) is 13.1 Å². The van der Waals surface area contributed by atoms with E-state index in [9.17, 15) is 13.2 Å². The van der Waals surface area contributed by atoms with Gasteiger partial charge in [-0.15, -0.1) is 0 Å². The van der Waals surface area contributed by atoms with E-state index in [1.807, 2.05) is 32.0 Å². The maximum absolute atomic E-state index is 13.0. The van der Waals surface area contributed by atoms with Gasteiger partial charge in [0.25, 0.3) is 5.91 Å². The van der Waals surface area contributed by atoms with Crippen LogP contribution in [0.4, 0.5) is 0 Å². The van der Waals surface area contributed by atoms with Crippen LogP contribution in [0.1, 0.15) is 43.4 Å². The summed E-state index contributed by atoms with van der Waals surface area (Å²) >= 11 is 0. The number of benzene rings is 1. The summed E-state index contributed by atoms with van der Waals surface area (Å²) < 4.78 is 30.9. The number of rotatable bonds is 5. The third kappa shape index (κ3) is 3.68. The Kier molecular flexibility index (Phi) is 5.58. The predicted octanol–water partition coefficient (Wildman–Crippen LogP) is 2.30. The third-order valence-electron chi connectivity index (χ3n) is 5.51. The first-order valence-corrected chi connectivity index (χ1v) is 10.9. The van der Waals surface area contributed by atoms with Crippen molar-refractivity contribution in [3.63, 3.8) is 0 Å². The van der Waals surface area contributed by atoms with Gasteiger partial charge in [-0.2, -0.15) is 13.5 Å². The fourth-order valence-electron chi connectivity index (χ4n) is 3.67. The highest BCUT2D eigenvalue weighted by Gasteiger charge is 2.51. The quantitative estimate of drug-likeness (QED) is 0.753. The monoisotopic (exact) mass is 408 g/mol. The summed E-state index contributed by atoms with van der Waals surface area (Å²) in [4.78, 5) is 18.3. The summed E-state index contributed by atoms with van der Waals surface area (Å²) in [6.45, 7) is 8.10. The van der Waals surface area contributed by atoms with Crippen LogP contribution in [0.3, 0.4) is 0 Å². The molecular formula is C20H28N2O5S. The van der Waals surface area contributed by atoms with E-state index in [-0.39, 0.29) is 11.7 Å². The van der Waals surface area contributed by atoms with Crippen LogP contribution >= 0.6 is 0 Å². The van der Waals surface area contributed by atoms with Gasteiger partial charge < -0.3 is 14.3 Å². The zero-order chi connectivity index (χ0) is 20.7. The lowest BCUT2D eigenvalue weighted by Crippen LogP contribution is -2.53. The molecule has 0 aromatic heterocycles. The van der Waals surface area contributed by atoms with Crippen molar-refractivity contribution in [2.45, 2.75) is 51.3 Å². The average molecular weight is 409 g/mol. The lowest BCUT2D eigenvalue weighted by molar-refractivity contribution is -0.152. The fraction of sp³-hybridized carbons (Fsp3) is 0.550. The Morgan fingerprint density at radius 3 is 2.39 bits per heavy atom. The van der Waals surface area contributed by atoms with E-state index >= 15 is 0 Å². The minimum absolute atomic E-state index is 0.218. The zero-order valence-electron chi connectivity index (χ0n) is 17.0. The molecule has 1 aromatic carbocycles. The first-order chi connectivity index (χ1) is 13.1. The molecule has 1 fully saturated rings. The molecular weight excluding hydrogens is 380 g/mol. The van der Waals surface area contributed by atoms with Crippen LogP contribution < -0.4 is 5.32 Å². The second kappa shape index (κ2) is 7.50. The standard InChI is InChI=1S/C20H28N2O5S/c1-13(2)28(24,25)27-18-17(16-12-14(3)6-7-15(16)4)19(23)21-20(18)8-10-22(26-5)11-9-20/h6-7,12-13H,8-11H2,1-5H3,(H,21,23). The lowest BCUT2D eigenvalue weighted by Gasteiger charge is -2.39. The van der Waals surface area contributed by atoms with E-state index in [0.717, 1.165) is 11.1 Å². The molecule has 1 saturated heterocycles. The molecule has 1 spiro atoms. The van der Waals surface area contributed by atoms with Gasteiger partial charge in [0.2, 0.25) is 0 Å². The van der Waals surface area contributed by atoms with Crippen molar-refractivity contribution in [2.75, 3.05) is 20.2 Å². The van der Waals surface area contributed by atoms with Crippen molar-refractivity contribution >= 4 is 21.6 Å². The van der Waals surface area contributed by atoms with Crippen molar-refractivity contribution in [2.24, 2.45) is 0 Å². The largest absolute Gasteiger partial charge is 0.383 e. The summed E-state index contributed by atoms with van der Waals surface area (Å²) in [5.74, 6) is -0.0795. The molecule has 0 aliphatic carbocycles. The van der Waals surface area contributed by atoms with E-state index < -0.39 is 20.9 Å². The number of carbonyl (C=O) groups excluding carboxylic acids is 1. The molecule has 2 aliphatic heterocycles. The number of hydrogen-bond acceptors (Lipinski definition) is 6. The molecule has 0 atom stereocenters. The first kappa shape index (κ1) is 20.8. The molecule has 0 bridgehead atoms. The van der Waals surface area contributed by atoms with Crippen LogP contribution in [0.15, 0.2) is 24.0 Å². The van der Waals surface area contributed by atoms with Crippen molar-refractivity contribution < 1.29 is 22.2 Å². The van der Waals surface area contributed by atoms with Crippen molar-refractivity contribution in [3.05, 3.63) is 40.6 Å². The van der Waals surface area contributed by atoms with Gasteiger partial charge in [0.15, 0.2) is 5.76 Å². The molecule has 7 nitrogen and oxygen atoms in total. The Morgan fingerprint density at radius 1 is 1.18 bits per heavy atom. The summed E-state index contributed by atoms with van der Waals surface area (Å²) in [6.07, 6.45) is 1.01. The molecule has 154 valence electrons. The van der Waals surface area contributed by atoms with Crippen LogP contribution in [0.2, 0.25) is 0 Å². The predicted molar refractivity (Wildman–Crippen MR) is 107 cm³/mol. The van der Waals surface area contributed by atoms with Crippen molar-refractivity contribution in [1.29, 1.82) is 0 Å². The second-order valence-electron chi connectivity index (χ2n) is 7.80. The molecule has 1 aromatic rings. The van der Waals surface area contributed by atoms with Crippen LogP contribution in [-0.2, 0) is 23.9 Å². The third-order valence-corrected chi connectivity index (χ3v) is 7.07. The Hall–Kier alpha value is -1.90. The van der Waals surface area contributed by atoms with Crippen LogP contribution in [0.5, 0.6) is 0 Å². The highest BCUT2D eigenvalue weighted by molar-refractivity contribution is 7.87. The lowest BCUT2D eigenvalue weighted by atomic mass is 9.86. The van der Waals surface area contributed by atoms with E-state index in [1.54, 1.807) is 26.0 Å². The van der Waals surface area contributed by atoms with Gasteiger partial charge in [0.05, 0.1) is 17.9 Å². The van der Waals surface area contributed by atoms with Crippen LogP contribution in [-0.4, -0.2) is 50.4 Å². The molecule has 1 amide bonds. The number of piperidine rings is 1. The number of aryl methyl sites for hydroxylation is 2. The number of hydroxylamine groups is 2. The highest BCUT2D eigenvalue weighted by atomic mass is 32.2. The van der Waals surface area contributed by atoms with Gasteiger partial charge >= 0.3 is 10.1 Å². The number of nitrogens with zero attached hydrogens (tertiary/aromatic N) is 1. The Labute approximate surface area is 166 Å². The molecule has 0 unspecified atom stereocenters. The molecule has 0 saturated carbocycles. The molecule has 1 N–H and O–H groups in total. The summed E-state index contributed by atoms with van der Waals surface area (Å²) in [7, 11) is -2.26. The van der Waals surface area contributed by atoms with Crippen molar-refractivity contribution in [1.82, 2.24) is 10.4 Å². The molecule has 2 aliphatic rings. The molecule has 3 rings (SSSR count). The summed E-state index contributed by atoms with van der Waals surface area (Å²) in [6, 6.07) is 5.79. The number of carbonyl (C=O) groups is 1. The van der Waals surface area contributed by atoms with Gasteiger partial charge in [-0.3, -0.25) is 4.79 Å². The number of hydrogen-bond donors (Lipinski definition) is 1. The smallest absolute Gasteiger partial charge is 0.311 e. The van der Waals surface area contributed by atoms with Gasteiger partial charge in [-0.1, -0.05) is 23.8 Å². The first-order valence-electron chi connectivity index (χ1n) is 9.47. The van der Waals surface area contributed by atoms with Gasteiger partial charge in [-0.05, 0) is 51.7 Å². The number of nitrogens with one attached hydrogen (secondary N) is 1. The van der Waals surface area contributed by atoms with Crippen LogP contribution in [0, 0.1) is 13.8 Å². The Morgan fingerprint density at radius 2 is 1.82 bits per heavy atom. The zero-order valence-corrected chi connectivity index (χ0v) is 17.9.